The first-order chi connectivity index (χ1) is 10.5. The molecule has 1 aromatic heterocycles. The summed E-state index contributed by atoms with van der Waals surface area (Å²) in [6, 6.07) is 3.70. The zero-order valence-electron chi connectivity index (χ0n) is 12.5. The number of halogens is 1. The first-order valence-electron chi connectivity index (χ1n) is 7.19. The minimum atomic E-state index is -1.03. The van der Waals surface area contributed by atoms with E-state index in [0.717, 1.165) is 34.3 Å². The highest BCUT2D eigenvalue weighted by atomic mass is 79.9. The van der Waals surface area contributed by atoms with E-state index in [0.29, 0.717) is 0 Å². The molecule has 3 rings (SSSR count). The van der Waals surface area contributed by atoms with Crippen LogP contribution in [0, 0.1) is 0 Å². The molecule has 116 valence electrons. The Bertz CT molecular complexity index is 752. The van der Waals surface area contributed by atoms with Gasteiger partial charge in [-0.2, -0.15) is 5.10 Å². The highest BCUT2D eigenvalue weighted by molar-refractivity contribution is 9.10. The highest BCUT2D eigenvalue weighted by Gasteiger charge is 2.23. The number of aromatic nitrogens is 2. The number of carbonyl (C=O) groups is 1. The lowest BCUT2D eigenvalue weighted by atomic mass is 9.89. The predicted octanol–water partition coefficient (Wildman–Crippen LogP) is 3.44. The molecule has 22 heavy (non-hydrogen) atoms. The minimum absolute atomic E-state index is 0.0356. The second-order valence-corrected chi connectivity index (χ2v) is 6.25. The number of nitrogens with zero attached hydrogens (tertiary/aromatic N) is 2. The zero-order chi connectivity index (χ0) is 15.9. The molecule has 0 saturated carbocycles. The third-order valence-corrected chi connectivity index (χ3v) is 4.96. The van der Waals surface area contributed by atoms with Crippen molar-refractivity contribution in [2.24, 2.45) is 7.05 Å². The van der Waals surface area contributed by atoms with Gasteiger partial charge in [-0.3, -0.25) is 4.68 Å². The minimum Gasteiger partial charge on any atom is -0.495 e. The van der Waals surface area contributed by atoms with Crippen molar-refractivity contribution in [3.63, 3.8) is 0 Å². The Balaban J connectivity index is 2.22. The van der Waals surface area contributed by atoms with E-state index < -0.39 is 5.97 Å². The molecule has 1 heterocycles. The van der Waals surface area contributed by atoms with Crippen LogP contribution < -0.4 is 4.74 Å². The number of ether oxygens (including phenoxy) is 1. The molecule has 0 atom stereocenters. The second kappa shape index (κ2) is 5.76. The van der Waals surface area contributed by atoms with E-state index >= 15 is 0 Å². The zero-order valence-corrected chi connectivity index (χ0v) is 14.1. The Hall–Kier alpha value is -1.82. The molecule has 2 aromatic rings. The van der Waals surface area contributed by atoms with Gasteiger partial charge < -0.3 is 9.84 Å². The molecule has 0 fully saturated rings. The molecule has 1 aromatic carbocycles. The summed E-state index contributed by atoms with van der Waals surface area (Å²) in [5.41, 5.74) is 4.24. The average molecular weight is 365 g/mol. The van der Waals surface area contributed by atoms with Crippen LogP contribution in [0.25, 0.3) is 11.3 Å². The number of hydrogen-bond acceptors (Lipinski definition) is 3. The van der Waals surface area contributed by atoms with E-state index in [1.807, 2.05) is 0 Å². The molecule has 0 radical (unpaired) electrons. The summed E-state index contributed by atoms with van der Waals surface area (Å²) in [4.78, 5) is 11.1. The Morgan fingerprint density at radius 1 is 1.36 bits per heavy atom. The van der Waals surface area contributed by atoms with Crippen LogP contribution in [0.4, 0.5) is 0 Å². The Morgan fingerprint density at radius 2 is 2.09 bits per heavy atom. The Kier molecular flexibility index (Phi) is 3.95. The van der Waals surface area contributed by atoms with E-state index in [1.165, 1.54) is 24.0 Å². The van der Waals surface area contributed by atoms with Gasteiger partial charge in [-0.05, 0) is 64.9 Å². The topological polar surface area (TPSA) is 64.3 Å². The lowest BCUT2D eigenvalue weighted by molar-refractivity contribution is 0.0689. The van der Waals surface area contributed by atoms with Crippen molar-refractivity contribution in [1.82, 2.24) is 9.78 Å². The number of aryl methyl sites for hydroxylation is 2. The number of carboxylic acids is 1. The van der Waals surface area contributed by atoms with Crippen LogP contribution in [0.2, 0.25) is 0 Å². The number of fused-ring (bicyclic) bond motifs is 1. The summed E-state index contributed by atoms with van der Waals surface area (Å²) in [5, 5.41) is 13.2. The van der Waals surface area contributed by atoms with Gasteiger partial charge in [0.1, 0.15) is 5.75 Å². The van der Waals surface area contributed by atoms with Gasteiger partial charge >= 0.3 is 5.97 Å². The highest BCUT2D eigenvalue weighted by Crippen LogP contribution is 2.42. The van der Waals surface area contributed by atoms with Gasteiger partial charge in [-0.25, -0.2) is 4.79 Å². The first kappa shape index (κ1) is 15.1. The molecule has 0 amide bonds. The van der Waals surface area contributed by atoms with Crippen LogP contribution in [-0.4, -0.2) is 28.0 Å². The monoisotopic (exact) mass is 364 g/mol. The number of methoxy groups -OCH3 is 1. The number of aromatic carboxylic acids is 1. The van der Waals surface area contributed by atoms with E-state index in [-0.39, 0.29) is 5.69 Å². The van der Waals surface area contributed by atoms with Crippen LogP contribution in [0.5, 0.6) is 5.75 Å². The quantitative estimate of drug-likeness (QED) is 0.905. The van der Waals surface area contributed by atoms with Gasteiger partial charge in [-0.15, -0.1) is 0 Å². The molecular formula is C16H17BrN2O3. The summed E-state index contributed by atoms with van der Waals surface area (Å²) in [7, 11) is 3.38. The summed E-state index contributed by atoms with van der Waals surface area (Å²) in [6.07, 6.45) is 4.44. The van der Waals surface area contributed by atoms with Crippen molar-refractivity contribution in [3.8, 4) is 17.0 Å². The molecule has 6 heteroatoms. The maximum Gasteiger partial charge on any atom is 0.356 e. The summed E-state index contributed by atoms with van der Waals surface area (Å²) >= 11 is 3.66. The van der Waals surface area contributed by atoms with E-state index in [1.54, 1.807) is 24.9 Å². The van der Waals surface area contributed by atoms with Crippen LogP contribution in [-0.2, 0) is 19.9 Å². The third kappa shape index (κ3) is 2.41. The van der Waals surface area contributed by atoms with Gasteiger partial charge in [0.05, 0.1) is 17.3 Å². The van der Waals surface area contributed by atoms with Crippen molar-refractivity contribution >= 4 is 21.9 Å². The lowest BCUT2D eigenvalue weighted by Crippen LogP contribution is -2.06. The molecule has 1 aliphatic rings. The van der Waals surface area contributed by atoms with E-state index in [4.69, 9.17) is 9.84 Å². The SMILES string of the molecule is COc1c(-c2cc(C(=O)O)nn2C)cc2c(c1Br)CCCC2. The number of rotatable bonds is 3. The Morgan fingerprint density at radius 3 is 2.73 bits per heavy atom. The molecule has 0 aliphatic heterocycles. The fourth-order valence-corrected chi connectivity index (χ4v) is 3.88. The second-order valence-electron chi connectivity index (χ2n) is 5.46. The number of benzene rings is 1. The van der Waals surface area contributed by atoms with Crippen molar-refractivity contribution in [2.45, 2.75) is 25.7 Å². The van der Waals surface area contributed by atoms with Crippen LogP contribution in [0.1, 0.15) is 34.5 Å². The maximum atomic E-state index is 11.1. The molecule has 0 spiro atoms. The summed E-state index contributed by atoms with van der Waals surface area (Å²) in [5.74, 6) is -0.293. The van der Waals surface area contributed by atoms with E-state index in [2.05, 4.69) is 27.1 Å². The van der Waals surface area contributed by atoms with Gasteiger partial charge in [0, 0.05) is 12.6 Å². The number of hydrogen-bond donors (Lipinski definition) is 1. The molecule has 0 bridgehead atoms. The molecule has 5 nitrogen and oxygen atoms in total. The average Bonchev–Trinajstić information content (AvgIpc) is 2.89. The van der Waals surface area contributed by atoms with Gasteiger partial charge in [0.15, 0.2) is 5.69 Å². The van der Waals surface area contributed by atoms with Crippen LogP contribution >= 0.6 is 15.9 Å². The van der Waals surface area contributed by atoms with Crippen molar-refractivity contribution in [1.29, 1.82) is 0 Å². The van der Waals surface area contributed by atoms with Gasteiger partial charge in [0.2, 0.25) is 0 Å². The standard InChI is InChI=1S/C16H17BrN2O3/c1-19-13(8-12(18-19)16(20)21)11-7-9-5-3-4-6-10(9)14(17)15(11)22-2/h7-8H,3-6H2,1-2H3,(H,20,21). The van der Waals surface area contributed by atoms with Crippen molar-refractivity contribution < 1.29 is 14.6 Å². The molecule has 1 aliphatic carbocycles. The molecule has 0 unspecified atom stereocenters. The fourth-order valence-electron chi connectivity index (χ4n) is 3.05. The third-order valence-electron chi connectivity index (χ3n) is 4.12. The maximum absolute atomic E-state index is 11.1. The van der Waals surface area contributed by atoms with Crippen LogP contribution in [0.15, 0.2) is 16.6 Å². The van der Waals surface area contributed by atoms with Crippen molar-refractivity contribution in [3.05, 3.63) is 33.4 Å². The summed E-state index contributed by atoms with van der Waals surface area (Å²) < 4.78 is 8.14. The van der Waals surface area contributed by atoms with Crippen LogP contribution in [0.3, 0.4) is 0 Å². The largest absolute Gasteiger partial charge is 0.495 e. The van der Waals surface area contributed by atoms with Gasteiger partial charge in [0.25, 0.3) is 0 Å². The molecule has 0 saturated heterocycles. The lowest BCUT2D eigenvalue weighted by Gasteiger charge is -2.21. The first-order valence-corrected chi connectivity index (χ1v) is 7.98. The summed E-state index contributed by atoms with van der Waals surface area (Å²) in [6.45, 7) is 0. The van der Waals surface area contributed by atoms with Gasteiger partial charge in [-0.1, -0.05) is 0 Å². The normalized spacial score (nSPS) is 13.8. The smallest absolute Gasteiger partial charge is 0.356 e. The fraction of sp³-hybridized carbons (Fsp3) is 0.375. The number of carboxylic acid groups (broad SMARTS) is 1. The predicted molar refractivity (Wildman–Crippen MR) is 86.5 cm³/mol. The molecule has 1 N–H and O–H groups in total. The molecular weight excluding hydrogens is 348 g/mol. The van der Waals surface area contributed by atoms with Crippen molar-refractivity contribution in [2.75, 3.05) is 7.11 Å². The van der Waals surface area contributed by atoms with E-state index in [9.17, 15) is 4.79 Å². The Labute approximate surface area is 137 Å².